The fraction of sp³-hybridized carbons (Fsp3) is 0.294. The summed E-state index contributed by atoms with van der Waals surface area (Å²) in [6, 6.07) is 6.07. The number of aryl methyl sites for hydroxylation is 1. The number of aromatic hydroxyl groups is 2. The molecule has 128 valence electrons. The van der Waals surface area contributed by atoms with Gasteiger partial charge in [0.1, 0.15) is 5.02 Å². The molecule has 2 rings (SSSR count). The molecule has 24 heavy (non-hydrogen) atoms. The number of ether oxygens (including phenoxy) is 1. The Morgan fingerprint density at radius 3 is 2.71 bits per heavy atom. The molecule has 0 aliphatic heterocycles. The van der Waals surface area contributed by atoms with Crippen molar-refractivity contribution in [2.75, 3.05) is 0 Å². The van der Waals surface area contributed by atoms with E-state index < -0.39 is 6.10 Å². The van der Waals surface area contributed by atoms with Crippen molar-refractivity contribution >= 4 is 17.5 Å². The van der Waals surface area contributed by atoms with Crippen LogP contribution in [0.2, 0.25) is 5.02 Å². The van der Waals surface area contributed by atoms with Crippen LogP contribution in [0.4, 0.5) is 0 Å². The van der Waals surface area contributed by atoms with Crippen LogP contribution in [0.15, 0.2) is 30.5 Å². The number of carbonyl (C=O) groups excluding carboxylic acids is 1. The van der Waals surface area contributed by atoms with Gasteiger partial charge < -0.3 is 20.3 Å². The zero-order valence-electron chi connectivity index (χ0n) is 13.4. The molecule has 1 atom stereocenters. The van der Waals surface area contributed by atoms with Crippen molar-refractivity contribution in [1.82, 2.24) is 10.3 Å². The molecule has 0 saturated heterocycles. The number of nitrogens with zero attached hydrogens (tertiary/aromatic N) is 1. The minimum Gasteiger partial charge on any atom is -0.504 e. The van der Waals surface area contributed by atoms with E-state index in [9.17, 15) is 15.0 Å². The lowest BCUT2D eigenvalue weighted by Gasteiger charge is -2.17. The number of phenolic OH excluding ortho intramolecular Hbond substituents is 2. The Morgan fingerprint density at radius 1 is 1.33 bits per heavy atom. The maximum Gasteiger partial charge on any atom is 0.261 e. The largest absolute Gasteiger partial charge is 0.504 e. The number of hydrogen-bond donors (Lipinski definition) is 3. The average Bonchev–Trinajstić information content (AvgIpc) is 2.55. The zero-order chi connectivity index (χ0) is 17.7. The number of amides is 1. The lowest BCUT2D eigenvalue weighted by molar-refractivity contribution is -0.128. The van der Waals surface area contributed by atoms with Crippen molar-refractivity contribution in [3.63, 3.8) is 0 Å². The van der Waals surface area contributed by atoms with Gasteiger partial charge in [-0.2, -0.15) is 0 Å². The minimum absolute atomic E-state index is 0.196. The molecule has 1 aromatic heterocycles. The predicted molar refractivity (Wildman–Crippen MR) is 90.3 cm³/mol. The molecule has 0 saturated carbocycles. The van der Waals surface area contributed by atoms with Crippen LogP contribution in [0.3, 0.4) is 0 Å². The maximum absolute atomic E-state index is 12.3. The van der Waals surface area contributed by atoms with Gasteiger partial charge >= 0.3 is 0 Å². The van der Waals surface area contributed by atoms with Gasteiger partial charge in [-0.1, -0.05) is 24.6 Å². The van der Waals surface area contributed by atoms with Gasteiger partial charge in [0.05, 0.1) is 0 Å². The first-order chi connectivity index (χ1) is 11.4. The van der Waals surface area contributed by atoms with E-state index in [2.05, 4.69) is 10.3 Å². The molecule has 0 aliphatic rings. The van der Waals surface area contributed by atoms with Crippen molar-refractivity contribution in [3.8, 4) is 17.4 Å². The minimum atomic E-state index is -0.733. The van der Waals surface area contributed by atoms with Crippen molar-refractivity contribution in [1.29, 1.82) is 0 Å². The lowest BCUT2D eigenvalue weighted by Crippen LogP contribution is -2.37. The second-order valence-corrected chi connectivity index (χ2v) is 5.76. The Bertz CT molecular complexity index is 737. The zero-order valence-corrected chi connectivity index (χ0v) is 14.2. The second kappa shape index (κ2) is 7.88. The molecule has 1 amide bonds. The smallest absolute Gasteiger partial charge is 0.261 e. The first-order valence-corrected chi connectivity index (χ1v) is 7.86. The molecular formula is C17H19ClN2O4. The molecule has 0 radical (unpaired) electrons. The number of rotatable bonds is 6. The van der Waals surface area contributed by atoms with Crippen molar-refractivity contribution in [2.24, 2.45) is 0 Å². The van der Waals surface area contributed by atoms with E-state index in [1.54, 1.807) is 18.3 Å². The summed E-state index contributed by atoms with van der Waals surface area (Å²) >= 11 is 6.07. The molecule has 0 aliphatic carbocycles. The highest BCUT2D eigenvalue weighted by atomic mass is 35.5. The Labute approximate surface area is 145 Å². The summed E-state index contributed by atoms with van der Waals surface area (Å²) in [6.45, 7) is 3.88. The number of phenols is 2. The summed E-state index contributed by atoms with van der Waals surface area (Å²) in [4.78, 5) is 16.4. The van der Waals surface area contributed by atoms with Crippen LogP contribution in [0.5, 0.6) is 17.4 Å². The molecule has 1 heterocycles. The first kappa shape index (κ1) is 17.9. The van der Waals surface area contributed by atoms with E-state index >= 15 is 0 Å². The standard InChI is InChI=1S/C17H19ClN2O4/c1-3-15(24-17-12(18)6-10(2)8-20-17)16(23)19-9-11-4-5-13(21)14(22)7-11/h4-8,15,21-22H,3,9H2,1-2H3,(H,19,23). The summed E-state index contributed by atoms with van der Waals surface area (Å²) in [5.41, 5.74) is 1.55. The number of hydrogen-bond acceptors (Lipinski definition) is 5. The van der Waals surface area contributed by atoms with Crippen LogP contribution in [0, 0.1) is 6.92 Å². The monoisotopic (exact) mass is 350 g/mol. The molecular weight excluding hydrogens is 332 g/mol. The highest BCUT2D eigenvalue weighted by Crippen LogP contribution is 2.25. The van der Waals surface area contributed by atoms with Crippen molar-refractivity contribution in [2.45, 2.75) is 32.9 Å². The third kappa shape index (κ3) is 4.52. The summed E-state index contributed by atoms with van der Waals surface area (Å²) < 4.78 is 5.60. The Balaban J connectivity index is 1.99. The van der Waals surface area contributed by atoms with Gasteiger partial charge in [-0.15, -0.1) is 0 Å². The van der Waals surface area contributed by atoms with E-state index in [-0.39, 0.29) is 29.8 Å². The maximum atomic E-state index is 12.3. The van der Waals surface area contributed by atoms with Crippen LogP contribution in [0.25, 0.3) is 0 Å². The summed E-state index contributed by atoms with van der Waals surface area (Å²) in [7, 11) is 0. The van der Waals surface area contributed by atoms with Crippen LogP contribution in [0.1, 0.15) is 24.5 Å². The molecule has 3 N–H and O–H groups in total. The van der Waals surface area contributed by atoms with E-state index in [1.807, 2.05) is 13.8 Å². The van der Waals surface area contributed by atoms with Gasteiger partial charge in [0.15, 0.2) is 17.6 Å². The predicted octanol–water partition coefficient (Wildman–Crippen LogP) is 2.93. The van der Waals surface area contributed by atoms with Crippen molar-refractivity contribution in [3.05, 3.63) is 46.6 Å². The molecule has 0 fully saturated rings. The molecule has 0 spiro atoms. The first-order valence-electron chi connectivity index (χ1n) is 7.48. The van der Waals surface area contributed by atoms with Crippen LogP contribution >= 0.6 is 11.6 Å². The van der Waals surface area contributed by atoms with E-state index in [0.717, 1.165) is 5.56 Å². The summed E-state index contributed by atoms with van der Waals surface area (Å²) in [5, 5.41) is 21.8. The molecule has 2 aromatic rings. The SMILES string of the molecule is CCC(Oc1ncc(C)cc1Cl)C(=O)NCc1ccc(O)c(O)c1. The third-order valence-corrected chi connectivity index (χ3v) is 3.64. The number of carbonyl (C=O) groups is 1. The number of benzene rings is 1. The van der Waals surface area contributed by atoms with Gasteiger partial charge in [-0.3, -0.25) is 4.79 Å². The van der Waals surface area contributed by atoms with Crippen molar-refractivity contribution < 1.29 is 19.7 Å². The molecule has 1 unspecified atom stereocenters. The highest BCUT2D eigenvalue weighted by molar-refractivity contribution is 6.31. The van der Waals surface area contributed by atoms with E-state index in [1.165, 1.54) is 12.1 Å². The molecule has 0 bridgehead atoms. The Kier molecular flexibility index (Phi) is 5.87. The summed E-state index contributed by atoms with van der Waals surface area (Å²) in [5.74, 6) is -0.546. The van der Waals surface area contributed by atoms with Gasteiger partial charge in [-0.25, -0.2) is 4.98 Å². The lowest BCUT2D eigenvalue weighted by atomic mass is 10.2. The fourth-order valence-corrected chi connectivity index (χ4v) is 2.31. The normalized spacial score (nSPS) is 11.8. The second-order valence-electron chi connectivity index (χ2n) is 5.36. The quantitative estimate of drug-likeness (QED) is 0.697. The van der Waals surface area contributed by atoms with E-state index in [4.69, 9.17) is 16.3 Å². The van der Waals surface area contributed by atoms with Crippen LogP contribution < -0.4 is 10.1 Å². The Hall–Kier alpha value is -2.47. The molecule has 6 nitrogen and oxygen atoms in total. The topological polar surface area (TPSA) is 91.7 Å². The van der Waals surface area contributed by atoms with E-state index in [0.29, 0.717) is 17.0 Å². The fourth-order valence-electron chi connectivity index (χ4n) is 2.05. The number of pyridine rings is 1. The number of nitrogens with one attached hydrogen (secondary N) is 1. The van der Waals surface area contributed by atoms with Gasteiger partial charge in [0.2, 0.25) is 5.88 Å². The van der Waals surface area contributed by atoms with Gasteiger partial charge in [-0.05, 0) is 42.7 Å². The third-order valence-electron chi connectivity index (χ3n) is 3.37. The molecule has 7 heteroatoms. The number of halogens is 1. The summed E-state index contributed by atoms with van der Waals surface area (Å²) in [6.07, 6.45) is 1.33. The van der Waals surface area contributed by atoms with Gasteiger partial charge in [0, 0.05) is 12.7 Å². The number of aromatic nitrogens is 1. The van der Waals surface area contributed by atoms with Crippen LogP contribution in [-0.4, -0.2) is 27.2 Å². The Morgan fingerprint density at radius 2 is 2.08 bits per heavy atom. The average molecular weight is 351 g/mol. The van der Waals surface area contributed by atoms with Crippen LogP contribution in [-0.2, 0) is 11.3 Å². The van der Waals surface area contributed by atoms with Gasteiger partial charge in [0.25, 0.3) is 5.91 Å². The highest BCUT2D eigenvalue weighted by Gasteiger charge is 2.20. The molecule has 1 aromatic carbocycles.